The van der Waals surface area contributed by atoms with Crippen LogP contribution in [0.4, 0.5) is 4.39 Å². The molecule has 1 amide bonds. The molecule has 0 spiro atoms. The van der Waals surface area contributed by atoms with Crippen molar-refractivity contribution in [1.82, 2.24) is 14.7 Å². The van der Waals surface area contributed by atoms with Gasteiger partial charge in [-0.3, -0.25) is 4.79 Å². The fraction of sp³-hybridized carbons (Fsp3) is 0.240. The predicted octanol–water partition coefficient (Wildman–Crippen LogP) is 3.50. The second kappa shape index (κ2) is 12.0. The minimum absolute atomic E-state index is 0.0928. The molecule has 0 aliphatic rings. The van der Waals surface area contributed by atoms with E-state index in [1.54, 1.807) is 24.3 Å². The highest BCUT2D eigenvalue weighted by Gasteiger charge is 2.22. The van der Waals surface area contributed by atoms with E-state index in [1.165, 1.54) is 47.2 Å². The zero-order chi connectivity index (χ0) is 25.2. The number of esters is 1. The molecule has 0 saturated heterocycles. The van der Waals surface area contributed by atoms with E-state index in [-0.39, 0.29) is 37.2 Å². The monoisotopic (exact) mass is 475 g/mol. The summed E-state index contributed by atoms with van der Waals surface area (Å²) in [5, 5.41) is 22.1. The summed E-state index contributed by atoms with van der Waals surface area (Å²) in [6.07, 6.45) is 1.63. The van der Waals surface area contributed by atoms with Gasteiger partial charge in [0.1, 0.15) is 22.8 Å². The topological polar surface area (TPSA) is 121 Å². The van der Waals surface area contributed by atoms with Crippen molar-refractivity contribution in [3.8, 4) is 34.8 Å². The Morgan fingerprint density at radius 3 is 2.40 bits per heavy atom. The molecule has 0 aliphatic carbocycles. The average molecular weight is 475 g/mol. The number of methoxy groups -OCH3 is 1. The van der Waals surface area contributed by atoms with Crippen LogP contribution in [0.2, 0.25) is 0 Å². The summed E-state index contributed by atoms with van der Waals surface area (Å²) in [7, 11) is 1.52. The first-order valence-electron chi connectivity index (χ1n) is 10.7. The van der Waals surface area contributed by atoms with Gasteiger partial charge in [-0.2, -0.15) is 15.6 Å². The van der Waals surface area contributed by atoms with Crippen molar-refractivity contribution in [1.29, 1.82) is 10.5 Å². The highest BCUT2D eigenvalue weighted by molar-refractivity contribution is 5.97. The van der Waals surface area contributed by atoms with Gasteiger partial charge in [0, 0.05) is 24.8 Å². The minimum atomic E-state index is -0.787. The number of carbonyl (C=O) groups is 2. The standard InChI is InChI=1S/C25H22FN5O4/c1-34-21-6-2-5-18(15-21)24-22(16-31(29-24)20-9-7-19(26)8-10-20)25(33)35-17-23(32)30(13-3-11-27)14-4-12-28/h2,5-10,15-16H,3-4,13-14,17H2,1H3. The molecule has 0 N–H and O–H groups in total. The predicted molar refractivity (Wildman–Crippen MR) is 123 cm³/mol. The van der Waals surface area contributed by atoms with Crippen molar-refractivity contribution in [3.05, 3.63) is 66.1 Å². The zero-order valence-corrected chi connectivity index (χ0v) is 19.0. The first-order valence-corrected chi connectivity index (χ1v) is 10.7. The number of rotatable bonds is 10. The molecule has 1 heterocycles. The van der Waals surface area contributed by atoms with Crippen LogP contribution in [0.3, 0.4) is 0 Å². The van der Waals surface area contributed by atoms with Gasteiger partial charge in [0.05, 0.1) is 37.8 Å². The molecular weight excluding hydrogens is 453 g/mol. The number of amides is 1. The minimum Gasteiger partial charge on any atom is -0.497 e. The summed E-state index contributed by atoms with van der Waals surface area (Å²) in [6, 6.07) is 16.4. The molecule has 0 bridgehead atoms. The van der Waals surface area contributed by atoms with Crippen LogP contribution in [0.5, 0.6) is 5.75 Å². The number of aromatic nitrogens is 2. The van der Waals surface area contributed by atoms with Crippen molar-refractivity contribution < 1.29 is 23.5 Å². The van der Waals surface area contributed by atoms with Crippen LogP contribution in [-0.2, 0) is 9.53 Å². The van der Waals surface area contributed by atoms with Crippen LogP contribution in [0, 0.1) is 28.5 Å². The molecule has 0 fully saturated rings. The van der Waals surface area contributed by atoms with Crippen LogP contribution >= 0.6 is 0 Å². The van der Waals surface area contributed by atoms with Crippen molar-refractivity contribution in [2.45, 2.75) is 12.8 Å². The molecule has 0 radical (unpaired) electrons. The van der Waals surface area contributed by atoms with Crippen LogP contribution in [0.15, 0.2) is 54.7 Å². The lowest BCUT2D eigenvalue weighted by molar-refractivity contribution is -0.134. The van der Waals surface area contributed by atoms with E-state index >= 15 is 0 Å². The second-order valence-corrected chi connectivity index (χ2v) is 7.32. The summed E-state index contributed by atoms with van der Waals surface area (Å²) < 4.78 is 25.3. The molecule has 3 aromatic rings. The lowest BCUT2D eigenvalue weighted by atomic mass is 10.1. The third kappa shape index (κ3) is 6.42. The molecule has 178 valence electrons. The Balaban J connectivity index is 1.87. The molecule has 1 aromatic heterocycles. The third-order valence-electron chi connectivity index (χ3n) is 5.03. The zero-order valence-electron chi connectivity index (χ0n) is 19.0. The lowest BCUT2D eigenvalue weighted by Crippen LogP contribution is -2.36. The molecule has 0 atom stereocenters. The molecule has 0 aliphatic heterocycles. The second-order valence-electron chi connectivity index (χ2n) is 7.32. The number of nitriles is 2. The normalized spacial score (nSPS) is 10.2. The van der Waals surface area contributed by atoms with Gasteiger partial charge in [0.2, 0.25) is 0 Å². The van der Waals surface area contributed by atoms with Crippen molar-refractivity contribution in [2.24, 2.45) is 0 Å². The van der Waals surface area contributed by atoms with E-state index in [1.807, 2.05) is 12.1 Å². The summed E-state index contributed by atoms with van der Waals surface area (Å²) in [4.78, 5) is 26.9. The number of ether oxygens (including phenoxy) is 2. The largest absolute Gasteiger partial charge is 0.497 e. The van der Waals surface area contributed by atoms with Gasteiger partial charge in [-0.1, -0.05) is 12.1 Å². The fourth-order valence-corrected chi connectivity index (χ4v) is 3.26. The molecule has 9 nitrogen and oxygen atoms in total. The Morgan fingerprint density at radius 1 is 1.09 bits per heavy atom. The van der Waals surface area contributed by atoms with E-state index in [4.69, 9.17) is 20.0 Å². The number of halogens is 1. The third-order valence-corrected chi connectivity index (χ3v) is 5.03. The molecule has 3 rings (SSSR count). The van der Waals surface area contributed by atoms with Crippen LogP contribution < -0.4 is 4.74 Å². The SMILES string of the molecule is COc1cccc(-c2nn(-c3ccc(F)cc3)cc2C(=O)OCC(=O)N(CCC#N)CCC#N)c1. The quantitative estimate of drug-likeness (QED) is 0.411. The Hall–Kier alpha value is -4.70. The number of hydrogen-bond acceptors (Lipinski definition) is 7. The Labute approximate surface area is 201 Å². The van der Waals surface area contributed by atoms with Gasteiger partial charge in [-0.15, -0.1) is 0 Å². The van der Waals surface area contributed by atoms with Crippen LogP contribution in [0.25, 0.3) is 16.9 Å². The number of hydrogen-bond donors (Lipinski definition) is 0. The molecule has 2 aromatic carbocycles. The lowest BCUT2D eigenvalue weighted by Gasteiger charge is -2.20. The molecular formula is C25H22FN5O4. The van der Waals surface area contributed by atoms with E-state index < -0.39 is 24.3 Å². The van der Waals surface area contributed by atoms with Crippen molar-refractivity contribution in [2.75, 3.05) is 26.8 Å². The number of nitrogens with zero attached hydrogens (tertiary/aromatic N) is 5. The Morgan fingerprint density at radius 2 is 1.77 bits per heavy atom. The molecule has 10 heteroatoms. The van der Waals surface area contributed by atoms with Gasteiger partial charge < -0.3 is 14.4 Å². The summed E-state index contributed by atoms with van der Waals surface area (Å²) in [5.74, 6) is -1.16. The highest BCUT2D eigenvalue weighted by atomic mass is 19.1. The Kier molecular flexibility index (Phi) is 8.52. The fourth-order valence-electron chi connectivity index (χ4n) is 3.26. The molecule has 0 saturated carbocycles. The number of carbonyl (C=O) groups excluding carboxylic acids is 2. The van der Waals surface area contributed by atoms with Crippen LogP contribution in [0.1, 0.15) is 23.2 Å². The summed E-state index contributed by atoms with van der Waals surface area (Å²) >= 11 is 0. The maximum Gasteiger partial charge on any atom is 0.342 e. The smallest absolute Gasteiger partial charge is 0.342 e. The van der Waals surface area contributed by atoms with E-state index in [0.29, 0.717) is 17.0 Å². The van der Waals surface area contributed by atoms with Crippen molar-refractivity contribution in [3.63, 3.8) is 0 Å². The van der Waals surface area contributed by atoms with Gasteiger partial charge in [-0.05, 0) is 36.4 Å². The molecule has 0 unspecified atom stereocenters. The van der Waals surface area contributed by atoms with Crippen molar-refractivity contribution >= 4 is 11.9 Å². The van der Waals surface area contributed by atoms with E-state index in [2.05, 4.69) is 5.10 Å². The summed E-state index contributed by atoms with van der Waals surface area (Å²) in [5.41, 5.74) is 1.48. The van der Waals surface area contributed by atoms with Gasteiger partial charge in [-0.25, -0.2) is 13.9 Å². The highest BCUT2D eigenvalue weighted by Crippen LogP contribution is 2.27. The molecule has 35 heavy (non-hydrogen) atoms. The maximum atomic E-state index is 13.4. The average Bonchev–Trinajstić information content (AvgIpc) is 3.33. The van der Waals surface area contributed by atoms with E-state index in [9.17, 15) is 14.0 Å². The first-order chi connectivity index (χ1) is 17.0. The maximum absolute atomic E-state index is 13.4. The first kappa shape index (κ1) is 24.9. The van der Waals surface area contributed by atoms with Gasteiger partial charge in [0.25, 0.3) is 5.91 Å². The summed E-state index contributed by atoms with van der Waals surface area (Å²) in [6.45, 7) is -0.298. The van der Waals surface area contributed by atoms with Gasteiger partial charge in [0.15, 0.2) is 6.61 Å². The number of benzene rings is 2. The van der Waals surface area contributed by atoms with Crippen LogP contribution in [-0.4, -0.2) is 53.4 Å². The van der Waals surface area contributed by atoms with Gasteiger partial charge >= 0.3 is 5.97 Å². The van der Waals surface area contributed by atoms with E-state index in [0.717, 1.165) is 0 Å². The Bertz CT molecular complexity index is 1260.